The van der Waals surface area contributed by atoms with Gasteiger partial charge in [-0.05, 0) is 62.6 Å². The number of para-hydroxylation sites is 1. The van der Waals surface area contributed by atoms with Gasteiger partial charge in [0.1, 0.15) is 0 Å². The molecule has 0 bridgehead atoms. The number of anilines is 3. The molecule has 0 N–H and O–H groups in total. The maximum absolute atomic E-state index is 12.9. The Labute approximate surface area is 173 Å². The second kappa shape index (κ2) is 9.59. The summed E-state index contributed by atoms with van der Waals surface area (Å²) in [5.74, 6) is 0.0237. The molecule has 0 atom stereocenters. The lowest BCUT2D eigenvalue weighted by Crippen LogP contribution is -2.39. The SMILES string of the molecule is CCN(CC)c1ccc(N(CCC(=O)N2CCCc3ccccc32)C(C)=O)cc1. The fraction of sp³-hybridized carbons (Fsp3) is 0.417. The van der Waals surface area contributed by atoms with Crippen molar-refractivity contribution in [3.05, 3.63) is 54.1 Å². The van der Waals surface area contributed by atoms with Gasteiger partial charge in [0.15, 0.2) is 0 Å². The standard InChI is InChI=1S/C24H31N3O2/c1-4-25(5-2)21-12-14-22(15-13-21)26(19(3)28)18-16-24(29)27-17-8-10-20-9-6-7-11-23(20)27/h6-7,9,11-15H,4-5,8,10,16-18H2,1-3H3. The lowest BCUT2D eigenvalue weighted by molar-refractivity contribution is -0.118. The molecule has 29 heavy (non-hydrogen) atoms. The first-order chi connectivity index (χ1) is 14.0. The van der Waals surface area contributed by atoms with Gasteiger partial charge < -0.3 is 14.7 Å². The highest BCUT2D eigenvalue weighted by Gasteiger charge is 2.23. The third-order valence-corrected chi connectivity index (χ3v) is 5.63. The number of carbonyl (C=O) groups is 2. The van der Waals surface area contributed by atoms with Gasteiger partial charge >= 0.3 is 0 Å². The van der Waals surface area contributed by atoms with E-state index in [4.69, 9.17) is 0 Å². The van der Waals surface area contributed by atoms with Crippen LogP contribution in [0.2, 0.25) is 0 Å². The normalized spacial score (nSPS) is 13.0. The van der Waals surface area contributed by atoms with E-state index >= 15 is 0 Å². The van der Waals surface area contributed by atoms with Crippen molar-refractivity contribution in [1.29, 1.82) is 0 Å². The number of amides is 2. The zero-order valence-electron chi connectivity index (χ0n) is 17.7. The molecular weight excluding hydrogens is 362 g/mol. The zero-order chi connectivity index (χ0) is 20.8. The van der Waals surface area contributed by atoms with E-state index in [1.54, 1.807) is 11.8 Å². The molecule has 2 amide bonds. The Morgan fingerprint density at radius 1 is 0.966 bits per heavy atom. The number of carbonyl (C=O) groups excluding carboxylic acids is 2. The maximum atomic E-state index is 12.9. The van der Waals surface area contributed by atoms with Crippen LogP contribution in [0.1, 0.15) is 39.2 Å². The Hall–Kier alpha value is -2.82. The summed E-state index contributed by atoms with van der Waals surface area (Å²) in [6.45, 7) is 8.83. The summed E-state index contributed by atoms with van der Waals surface area (Å²) >= 11 is 0. The summed E-state index contributed by atoms with van der Waals surface area (Å²) in [7, 11) is 0. The van der Waals surface area contributed by atoms with Crippen molar-refractivity contribution >= 4 is 28.9 Å². The van der Waals surface area contributed by atoms with Crippen molar-refractivity contribution in [2.75, 3.05) is 40.9 Å². The van der Waals surface area contributed by atoms with E-state index in [9.17, 15) is 9.59 Å². The van der Waals surface area contributed by atoms with Gasteiger partial charge in [0.2, 0.25) is 11.8 Å². The Bertz CT molecular complexity index is 843. The molecule has 2 aromatic carbocycles. The quantitative estimate of drug-likeness (QED) is 0.706. The molecular formula is C24H31N3O2. The van der Waals surface area contributed by atoms with Gasteiger partial charge in [0, 0.05) is 56.6 Å². The smallest absolute Gasteiger partial charge is 0.228 e. The van der Waals surface area contributed by atoms with Crippen LogP contribution < -0.4 is 14.7 Å². The third kappa shape index (κ3) is 4.78. The molecule has 1 aliphatic heterocycles. The molecule has 0 spiro atoms. The minimum absolute atomic E-state index is 0.0487. The number of hydrogen-bond donors (Lipinski definition) is 0. The molecule has 3 rings (SSSR count). The second-order valence-electron chi connectivity index (χ2n) is 7.39. The van der Waals surface area contributed by atoms with Crippen molar-refractivity contribution in [1.82, 2.24) is 0 Å². The highest BCUT2D eigenvalue weighted by Crippen LogP contribution is 2.27. The Morgan fingerprint density at radius 2 is 1.62 bits per heavy atom. The molecule has 0 fully saturated rings. The minimum Gasteiger partial charge on any atom is -0.372 e. The largest absolute Gasteiger partial charge is 0.372 e. The molecule has 2 aromatic rings. The van der Waals surface area contributed by atoms with Gasteiger partial charge in [-0.3, -0.25) is 9.59 Å². The summed E-state index contributed by atoms with van der Waals surface area (Å²) in [5.41, 5.74) is 4.22. The number of nitrogens with zero attached hydrogens (tertiary/aromatic N) is 3. The van der Waals surface area contributed by atoms with Crippen LogP contribution in [0.15, 0.2) is 48.5 Å². The van der Waals surface area contributed by atoms with Gasteiger partial charge in [-0.15, -0.1) is 0 Å². The molecule has 0 saturated carbocycles. The highest BCUT2D eigenvalue weighted by atomic mass is 16.2. The number of rotatable bonds is 7. The molecule has 0 unspecified atom stereocenters. The molecule has 0 saturated heterocycles. The molecule has 0 aromatic heterocycles. The third-order valence-electron chi connectivity index (χ3n) is 5.63. The molecule has 5 heteroatoms. The molecule has 0 radical (unpaired) electrons. The van der Waals surface area contributed by atoms with Gasteiger partial charge in [-0.2, -0.15) is 0 Å². The molecule has 154 valence electrons. The molecule has 0 aliphatic carbocycles. The summed E-state index contributed by atoms with van der Waals surface area (Å²) in [6.07, 6.45) is 2.30. The Morgan fingerprint density at radius 3 is 2.28 bits per heavy atom. The van der Waals surface area contributed by atoms with Gasteiger partial charge in [0.05, 0.1) is 0 Å². The summed E-state index contributed by atoms with van der Waals surface area (Å²) < 4.78 is 0. The van der Waals surface area contributed by atoms with E-state index in [0.717, 1.165) is 49.5 Å². The summed E-state index contributed by atoms with van der Waals surface area (Å²) in [5, 5.41) is 0. The van der Waals surface area contributed by atoms with E-state index in [2.05, 4.69) is 24.8 Å². The molecule has 5 nitrogen and oxygen atoms in total. The van der Waals surface area contributed by atoms with Gasteiger partial charge in [-0.25, -0.2) is 0 Å². The van der Waals surface area contributed by atoms with Crippen LogP contribution in [0, 0.1) is 0 Å². The van der Waals surface area contributed by atoms with Crippen LogP contribution in [-0.4, -0.2) is 38.0 Å². The van der Waals surface area contributed by atoms with E-state index in [0.29, 0.717) is 13.0 Å². The van der Waals surface area contributed by atoms with Crippen LogP contribution in [0.5, 0.6) is 0 Å². The van der Waals surface area contributed by atoms with Crippen molar-refractivity contribution in [2.24, 2.45) is 0 Å². The van der Waals surface area contributed by atoms with Crippen LogP contribution in [0.4, 0.5) is 17.1 Å². The first-order valence-corrected chi connectivity index (χ1v) is 10.6. The fourth-order valence-electron chi connectivity index (χ4n) is 4.04. The van der Waals surface area contributed by atoms with E-state index < -0.39 is 0 Å². The second-order valence-corrected chi connectivity index (χ2v) is 7.39. The van der Waals surface area contributed by atoms with Crippen molar-refractivity contribution < 1.29 is 9.59 Å². The van der Waals surface area contributed by atoms with Crippen molar-refractivity contribution in [3.63, 3.8) is 0 Å². The van der Waals surface area contributed by atoms with E-state index in [1.807, 2.05) is 47.4 Å². The number of benzene rings is 2. The maximum Gasteiger partial charge on any atom is 0.228 e. The van der Waals surface area contributed by atoms with Gasteiger partial charge in [0.25, 0.3) is 0 Å². The van der Waals surface area contributed by atoms with Crippen molar-refractivity contribution in [3.8, 4) is 0 Å². The summed E-state index contributed by atoms with van der Waals surface area (Å²) in [4.78, 5) is 31.0. The first-order valence-electron chi connectivity index (χ1n) is 10.6. The summed E-state index contributed by atoms with van der Waals surface area (Å²) in [6, 6.07) is 16.1. The molecule has 1 heterocycles. The Balaban J connectivity index is 1.69. The minimum atomic E-state index is -0.0487. The van der Waals surface area contributed by atoms with Crippen LogP contribution in [0.25, 0.3) is 0 Å². The van der Waals surface area contributed by atoms with E-state index in [1.165, 1.54) is 5.56 Å². The molecule has 1 aliphatic rings. The average molecular weight is 394 g/mol. The van der Waals surface area contributed by atoms with Crippen LogP contribution >= 0.6 is 0 Å². The fourth-order valence-corrected chi connectivity index (χ4v) is 4.04. The predicted molar refractivity (Wildman–Crippen MR) is 120 cm³/mol. The Kier molecular flexibility index (Phi) is 6.91. The van der Waals surface area contributed by atoms with Crippen LogP contribution in [-0.2, 0) is 16.0 Å². The topological polar surface area (TPSA) is 43.9 Å². The van der Waals surface area contributed by atoms with E-state index in [-0.39, 0.29) is 11.8 Å². The average Bonchev–Trinajstić information content (AvgIpc) is 2.75. The first kappa shape index (κ1) is 20.9. The predicted octanol–water partition coefficient (Wildman–Crippen LogP) is 4.26. The highest BCUT2D eigenvalue weighted by molar-refractivity contribution is 5.97. The lowest BCUT2D eigenvalue weighted by atomic mass is 10.0. The number of aryl methyl sites for hydroxylation is 1. The monoisotopic (exact) mass is 393 g/mol. The number of hydrogen-bond acceptors (Lipinski definition) is 3. The number of fused-ring (bicyclic) bond motifs is 1. The lowest BCUT2D eigenvalue weighted by Gasteiger charge is -2.30. The van der Waals surface area contributed by atoms with Crippen LogP contribution in [0.3, 0.4) is 0 Å². The van der Waals surface area contributed by atoms with Gasteiger partial charge in [-0.1, -0.05) is 18.2 Å². The van der Waals surface area contributed by atoms with Crippen molar-refractivity contribution in [2.45, 2.75) is 40.0 Å². The zero-order valence-corrected chi connectivity index (χ0v) is 17.7.